The van der Waals surface area contributed by atoms with Gasteiger partial charge in [0.1, 0.15) is 18.8 Å². The SMILES string of the molecule is [c]1ncn2[c]coc12. The van der Waals surface area contributed by atoms with Crippen LogP contribution in [0.5, 0.6) is 0 Å². The van der Waals surface area contributed by atoms with E-state index in [-0.39, 0.29) is 0 Å². The van der Waals surface area contributed by atoms with Crippen LogP contribution >= 0.6 is 0 Å². The van der Waals surface area contributed by atoms with Crippen molar-refractivity contribution in [2.24, 2.45) is 0 Å². The van der Waals surface area contributed by atoms with E-state index in [0.717, 1.165) is 0 Å². The van der Waals surface area contributed by atoms with Crippen LogP contribution in [0.25, 0.3) is 5.71 Å². The van der Waals surface area contributed by atoms with Crippen LogP contribution in [0, 0.1) is 12.4 Å². The van der Waals surface area contributed by atoms with E-state index in [0.29, 0.717) is 5.71 Å². The minimum Gasteiger partial charge on any atom is -0.444 e. The van der Waals surface area contributed by atoms with Gasteiger partial charge in [-0.2, -0.15) is 0 Å². The first-order valence-electron chi connectivity index (χ1n) is 2.17. The number of imidazole rings is 1. The fraction of sp³-hybridized carbons (Fsp3) is 0. The number of hydrogen-bond donors (Lipinski definition) is 0. The van der Waals surface area contributed by atoms with Crippen LogP contribution in [-0.4, -0.2) is 9.38 Å². The third kappa shape index (κ3) is 0.307. The molecule has 0 unspecified atom stereocenters. The van der Waals surface area contributed by atoms with Crippen molar-refractivity contribution in [1.82, 2.24) is 9.38 Å². The van der Waals surface area contributed by atoms with Gasteiger partial charge in [0.25, 0.3) is 0 Å². The number of oxazole rings is 1. The first-order valence-corrected chi connectivity index (χ1v) is 2.17. The summed E-state index contributed by atoms with van der Waals surface area (Å²) >= 11 is 0. The molecule has 3 heteroatoms. The van der Waals surface area contributed by atoms with Crippen LogP contribution in [0.1, 0.15) is 0 Å². The van der Waals surface area contributed by atoms with E-state index in [2.05, 4.69) is 17.4 Å². The summed E-state index contributed by atoms with van der Waals surface area (Å²) in [6.45, 7) is 0. The topological polar surface area (TPSA) is 30.4 Å². The Kier molecular flexibility index (Phi) is 0.521. The van der Waals surface area contributed by atoms with Crippen LogP contribution in [-0.2, 0) is 0 Å². The van der Waals surface area contributed by atoms with Gasteiger partial charge in [-0.15, -0.1) is 0 Å². The van der Waals surface area contributed by atoms with Crippen molar-refractivity contribution >= 4 is 5.71 Å². The number of nitrogens with zero attached hydrogens (tertiary/aromatic N) is 2. The molecule has 2 heterocycles. The molecule has 2 aromatic rings. The maximum atomic E-state index is 4.85. The Bertz CT molecular complexity index is 232. The van der Waals surface area contributed by atoms with Gasteiger partial charge in [-0.25, -0.2) is 4.98 Å². The fourth-order valence-electron chi connectivity index (χ4n) is 0.562. The molecule has 0 amide bonds. The van der Waals surface area contributed by atoms with Gasteiger partial charge in [-0.05, 0) is 0 Å². The van der Waals surface area contributed by atoms with Crippen LogP contribution in [0.4, 0.5) is 0 Å². The molecule has 0 saturated carbocycles. The van der Waals surface area contributed by atoms with Crippen LogP contribution in [0.15, 0.2) is 17.0 Å². The summed E-state index contributed by atoms with van der Waals surface area (Å²) in [6, 6.07) is 0. The molecule has 0 aromatic carbocycles. The average molecular weight is 106 g/mol. The summed E-state index contributed by atoms with van der Waals surface area (Å²) in [6.07, 6.45) is 8.42. The highest BCUT2D eigenvalue weighted by Crippen LogP contribution is 1.98. The van der Waals surface area contributed by atoms with E-state index >= 15 is 0 Å². The highest BCUT2D eigenvalue weighted by Gasteiger charge is 1.91. The summed E-state index contributed by atoms with van der Waals surface area (Å²) in [5.41, 5.74) is 0.602. The Hall–Kier alpha value is -1.25. The van der Waals surface area contributed by atoms with Crippen LogP contribution in [0.2, 0.25) is 0 Å². The quantitative estimate of drug-likeness (QED) is 0.490. The third-order valence-electron chi connectivity index (χ3n) is 0.915. The minimum atomic E-state index is 0.602. The summed E-state index contributed by atoms with van der Waals surface area (Å²) in [5, 5.41) is 0. The predicted octanol–water partition coefficient (Wildman–Crippen LogP) is 0.528. The van der Waals surface area contributed by atoms with Crippen molar-refractivity contribution in [3.8, 4) is 0 Å². The van der Waals surface area contributed by atoms with Crippen molar-refractivity contribution in [2.75, 3.05) is 0 Å². The average Bonchev–Trinajstić information content (AvgIpc) is 2.15. The molecule has 0 spiro atoms. The van der Waals surface area contributed by atoms with Crippen molar-refractivity contribution in [2.45, 2.75) is 0 Å². The Balaban J connectivity index is 3.06. The van der Waals surface area contributed by atoms with E-state index < -0.39 is 0 Å². The van der Waals surface area contributed by atoms with E-state index in [4.69, 9.17) is 4.42 Å². The maximum Gasteiger partial charge on any atom is 0.233 e. The van der Waals surface area contributed by atoms with Gasteiger partial charge >= 0.3 is 0 Å². The van der Waals surface area contributed by atoms with Crippen molar-refractivity contribution in [3.63, 3.8) is 0 Å². The first kappa shape index (κ1) is 3.72. The molecule has 38 valence electrons. The van der Waals surface area contributed by atoms with Gasteiger partial charge in [-0.1, -0.05) is 0 Å². The van der Waals surface area contributed by atoms with E-state index in [1.165, 1.54) is 6.26 Å². The summed E-state index contributed by atoms with van der Waals surface area (Å²) in [5.74, 6) is 0. The molecule has 0 fully saturated rings. The normalized spacial score (nSPS) is 10.5. The van der Waals surface area contributed by atoms with Crippen molar-refractivity contribution in [3.05, 3.63) is 25.0 Å². The number of fused-ring (bicyclic) bond motifs is 1. The molecule has 2 rings (SSSR count). The third-order valence-corrected chi connectivity index (χ3v) is 0.915. The van der Waals surface area contributed by atoms with Gasteiger partial charge in [-0.3, -0.25) is 4.40 Å². The van der Waals surface area contributed by atoms with Crippen molar-refractivity contribution < 1.29 is 4.42 Å². The molecule has 8 heavy (non-hydrogen) atoms. The molecule has 3 nitrogen and oxygen atoms in total. The molecule has 2 aromatic heterocycles. The standard InChI is InChI=1S/C5H2N2O/c1-2-8-5-3-6-4-7(1)5/h2,4H. The molecule has 0 saturated heterocycles. The lowest BCUT2D eigenvalue weighted by Crippen LogP contribution is -1.67. The molecule has 0 aliphatic heterocycles. The molecular formula is C5H2N2O. The zero-order valence-corrected chi connectivity index (χ0v) is 3.96. The second-order valence-corrected chi connectivity index (χ2v) is 1.40. The fourth-order valence-corrected chi connectivity index (χ4v) is 0.562. The predicted molar refractivity (Wildman–Crippen MR) is 25.1 cm³/mol. The monoisotopic (exact) mass is 106 g/mol. The molecule has 0 aliphatic carbocycles. The van der Waals surface area contributed by atoms with Crippen LogP contribution < -0.4 is 0 Å². The second-order valence-electron chi connectivity index (χ2n) is 1.40. The largest absolute Gasteiger partial charge is 0.444 e. The van der Waals surface area contributed by atoms with Crippen LogP contribution in [0.3, 0.4) is 0 Å². The highest BCUT2D eigenvalue weighted by atomic mass is 16.3. The molecule has 0 aliphatic rings. The zero-order chi connectivity index (χ0) is 5.40. The zero-order valence-electron chi connectivity index (χ0n) is 3.96. The van der Waals surface area contributed by atoms with E-state index in [9.17, 15) is 0 Å². The Morgan fingerprint density at radius 3 is 3.62 bits per heavy atom. The second kappa shape index (κ2) is 1.12. The first-order chi connectivity index (χ1) is 3.97. The summed E-state index contributed by atoms with van der Waals surface area (Å²) < 4.78 is 6.47. The van der Waals surface area contributed by atoms with Gasteiger partial charge < -0.3 is 4.42 Å². The Labute approximate surface area is 45.6 Å². The lowest BCUT2D eigenvalue weighted by Gasteiger charge is -1.68. The van der Waals surface area contributed by atoms with Gasteiger partial charge in [0.15, 0.2) is 6.20 Å². The molecular weight excluding hydrogens is 104 g/mol. The lowest BCUT2D eigenvalue weighted by molar-refractivity contribution is 0.607. The lowest BCUT2D eigenvalue weighted by atomic mass is 10.9. The summed E-state index contributed by atoms with van der Waals surface area (Å²) in [4.78, 5) is 3.67. The van der Waals surface area contributed by atoms with Gasteiger partial charge in [0, 0.05) is 0 Å². The van der Waals surface area contributed by atoms with Crippen molar-refractivity contribution in [1.29, 1.82) is 0 Å². The minimum absolute atomic E-state index is 0.602. The molecule has 0 bridgehead atoms. The number of rotatable bonds is 0. The maximum absolute atomic E-state index is 4.85. The van der Waals surface area contributed by atoms with Gasteiger partial charge in [0.2, 0.25) is 5.71 Å². The van der Waals surface area contributed by atoms with E-state index in [1.54, 1.807) is 10.7 Å². The molecule has 2 radical (unpaired) electrons. The highest BCUT2D eigenvalue weighted by molar-refractivity contribution is 5.26. The van der Waals surface area contributed by atoms with E-state index in [1.807, 2.05) is 0 Å². The van der Waals surface area contributed by atoms with Gasteiger partial charge in [0.05, 0.1) is 0 Å². The number of hydrogen-bond acceptors (Lipinski definition) is 2. The Morgan fingerprint density at radius 2 is 2.75 bits per heavy atom. The Morgan fingerprint density at radius 1 is 1.75 bits per heavy atom. The number of aromatic nitrogens is 2. The molecule has 0 N–H and O–H groups in total. The smallest absolute Gasteiger partial charge is 0.233 e. The molecule has 0 atom stereocenters. The summed E-state index contributed by atoms with van der Waals surface area (Å²) in [7, 11) is 0.